The van der Waals surface area contributed by atoms with E-state index in [-0.39, 0.29) is 29.5 Å². The van der Waals surface area contributed by atoms with Crippen LogP contribution in [-0.4, -0.2) is 74.2 Å². The molecule has 0 bridgehead atoms. The van der Waals surface area contributed by atoms with Gasteiger partial charge < -0.3 is 25.6 Å². The van der Waals surface area contributed by atoms with E-state index < -0.39 is 0 Å². The van der Waals surface area contributed by atoms with Crippen LogP contribution >= 0.6 is 0 Å². The van der Waals surface area contributed by atoms with E-state index >= 15 is 0 Å². The van der Waals surface area contributed by atoms with Crippen LogP contribution in [0.3, 0.4) is 0 Å². The van der Waals surface area contributed by atoms with E-state index in [1.165, 1.54) is 0 Å². The number of carbonyl (C=O) groups excluding carboxylic acids is 2. The van der Waals surface area contributed by atoms with Gasteiger partial charge in [0.1, 0.15) is 6.61 Å². The van der Waals surface area contributed by atoms with Crippen molar-refractivity contribution in [2.75, 3.05) is 46.4 Å². The van der Waals surface area contributed by atoms with Gasteiger partial charge in [0.05, 0.1) is 11.1 Å². The SMILES string of the molecule is CC.COCC(=O)N1CCCC12CCNC2.O=C1CCC2(CCNC2)N1. The molecular weight excluding hydrogens is 332 g/mol. The number of likely N-dealkylation sites (tertiary alicyclic amines) is 1. The lowest BCUT2D eigenvalue weighted by molar-refractivity contribution is -0.138. The summed E-state index contributed by atoms with van der Waals surface area (Å²) >= 11 is 0. The summed E-state index contributed by atoms with van der Waals surface area (Å²) in [6.07, 6.45) is 6.24. The number of hydrogen-bond acceptors (Lipinski definition) is 5. The van der Waals surface area contributed by atoms with E-state index in [9.17, 15) is 9.59 Å². The normalized spacial score (nSPS) is 32.3. The second-order valence-corrected chi connectivity index (χ2v) is 7.49. The Kier molecular flexibility index (Phi) is 7.85. The van der Waals surface area contributed by atoms with Gasteiger partial charge in [0.15, 0.2) is 0 Å². The van der Waals surface area contributed by atoms with Gasteiger partial charge in [-0.1, -0.05) is 13.8 Å². The lowest BCUT2D eigenvalue weighted by Gasteiger charge is -2.34. The Balaban J connectivity index is 0.000000178. The maximum Gasteiger partial charge on any atom is 0.249 e. The first kappa shape index (κ1) is 21.1. The van der Waals surface area contributed by atoms with Gasteiger partial charge in [-0.25, -0.2) is 0 Å². The molecule has 26 heavy (non-hydrogen) atoms. The second-order valence-electron chi connectivity index (χ2n) is 7.49. The predicted molar refractivity (Wildman–Crippen MR) is 102 cm³/mol. The van der Waals surface area contributed by atoms with Gasteiger partial charge in [-0.3, -0.25) is 9.59 Å². The second kappa shape index (κ2) is 9.67. The molecule has 4 rings (SSSR count). The van der Waals surface area contributed by atoms with E-state index in [0.29, 0.717) is 0 Å². The molecule has 7 nitrogen and oxygen atoms in total. The quantitative estimate of drug-likeness (QED) is 0.666. The molecule has 0 aromatic heterocycles. The molecule has 0 aliphatic carbocycles. The lowest BCUT2D eigenvalue weighted by atomic mass is 9.95. The molecule has 4 aliphatic rings. The van der Waals surface area contributed by atoms with Crippen LogP contribution in [0.4, 0.5) is 0 Å². The van der Waals surface area contributed by atoms with Crippen molar-refractivity contribution in [2.24, 2.45) is 0 Å². The molecule has 2 amide bonds. The summed E-state index contributed by atoms with van der Waals surface area (Å²) in [6, 6.07) is 0. The van der Waals surface area contributed by atoms with Crippen LogP contribution in [0, 0.1) is 0 Å². The van der Waals surface area contributed by atoms with E-state index in [1.54, 1.807) is 7.11 Å². The third kappa shape index (κ3) is 4.75. The summed E-state index contributed by atoms with van der Waals surface area (Å²) in [5.41, 5.74) is 0.271. The molecule has 0 aromatic carbocycles. The largest absolute Gasteiger partial charge is 0.375 e. The highest BCUT2D eigenvalue weighted by molar-refractivity contribution is 5.79. The Labute approximate surface area is 157 Å². The molecule has 7 heteroatoms. The summed E-state index contributed by atoms with van der Waals surface area (Å²) in [7, 11) is 1.58. The molecule has 4 heterocycles. The van der Waals surface area contributed by atoms with E-state index in [0.717, 1.165) is 71.2 Å². The molecule has 0 aromatic rings. The highest BCUT2D eigenvalue weighted by atomic mass is 16.5. The molecule has 0 saturated carbocycles. The molecular formula is C19H36N4O3. The molecule has 4 aliphatic heterocycles. The smallest absolute Gasteiger partial charge is 0.249 e. The zero-order chi connectivity index (χ0) is 19.0. The van der Waals surface area contributed by atoms with Crippen LogP contribution in [-0.2, 0) is 14.3 Å². The monoisotopic (exact) mass is 368 g/mol. The van der Waals surface area contributed by atoms with Gasteiger partial charge in [0, 0.05) is 33.2 Å². The van der Waals surface area contributed by atoms with Crippen molar-refractivity contribution in [1.82, 2.24) is 20.9 Å². The number of amides is 2. The number of ether oxygens (including phenoxy) is 1. The van der Waals surface area contributed by atoms with Crippen molar-refractivity contribution < 1.29 is 14.3 Å². The van der Waals surface area contributed by atoms with Gasteiger partial charge in [0.2, 0.25) is 11.8 Å². The fraction of sp³-hybridized carbons (Fsp3) is 0.895. The van der Waals surface area contributed by atoms with Crippen LogP contribution in [0.15, 0.2) is 0 Å². The molecule has 2 spiro atoms. The summed E-state index contributed by atoms with van der Waals surface area (Å²) in [4.78, 5) is 24.7. The average Bonchev–Trinajstić information content (AvgIpc) is 3.43. The van der Waals surface area contributed by atoms with E-state index in [2.05, 4.69) is 16.0 Å². The highest BCUT2D eigenvalue weighted by Gasteiger charge is 2.45. The first-order valence-corrected chi connectivity index (χ1v) is 10.1. The topological polar surface area (TPSA) is 82.7 Å². The Bertz CT molecular complexity index is 466. The van der Waals surface area contributed by atoms with Gasteiger partial charge in [-0.15, -0.1) is 0 Å². The number of nitrogens with zero attached hydrogens (tertiary/aromatic N) is 1. The average molecular weight is 369 g/mol. The number of methoxy groups -OCH3 is 1. The van der Waals surface area contributed by atoms with Gasteiger partial charge in [-0.05, 0) is 45.2 Å². The van der Waals surface area contributed by atoms with Crippen molar-refractivity contribution in [3.05, 3.63) is 0 Å². The van der Waals surface area contributed by atoms with Crippen LogP contribution in [0.2, 0.25) is 0 Å². The van der Waals surface area contributed by atoms with Crippen LogP contribution in [0.1, 0.15) is 52.4 Å². The molecule has 150 valence electrons. The maximum absolute atomic E-state index is 11.8. The molecule has 2 atom stereocenters. The summed E-state index contributed by atoms with van der Waals surface area (Å²) < 4.78 is 4.91. The van der Waals surface area contributed by atoms with Crippen LogP contribution in [0.25, 0.3) is 0 Å². The van der Waals surface area contributed by atoms with E-state index in [4.69, 9.17) is 4.74 Å². The van der Waals surface area contributed by atoms with Gasteiger partial charge >= 0.3 is 0 Å². The van der Waals surface area contributed by atoms with Gasteiger partial charge in [0.25, 0.3) is 0 Å². The highest BCUT2D eigenvalue weighted by Crippen LogP contribution is 2.34. The Hall–Kier alpha value is -1.18. The molecule has 2 unspecified atom stereocenters. The predicted octanol–water partition coefficient (Wildman–Crippen LogP) is 0.642. The fourth-order valence-electron chi connectivity index (χ4n) is 4.54. The minimum absolute atomic E-state index is 0.121. The van der Waals surface area contributed by atoms with Crippen molar-refractivity contribution in [3.8, 4) is 0 Å². The number of nitrogens with one attached hydrogen (secondary N) is 3. The third-order valence-corrected chi connectivity index (χ3v) is 5.87. The Morgan fingerprint density at radius 3 is 2.38 bits per heavy atom. The molecule has 4 saturated heterocycles. The van der Waals surface area contributed by atoms with Crippen molar-refractivity contribution >= 4 is 11.8 Å². The van der Waals surface area contributed by atoms with Crippen LogP contribution in [0.5, 0.6) is 0 Å². The van der Waals surface area contributed by atoms with Crippen molar-refractivity contribution in [2.45, 2.75) is 63.5 Å². The van der Waals surface area contributed by atoms with Crippen LogP contribution < -0.4 is 16.0 Å². The minimum atomic E-state index is 0.121. The molecule has 4 fully saturated rings. The molecule has 3 N–H and O–H groups in total. The van der Waals surface area contributed by atoms with Crippen molar-refractivity contribution in [3.63, 3.8) is 0 Å². The Morgan fingerprint density at radius 2 is 1.85 bits per heavy atom. The number of rotatable bonds is 2. The zero-order valence-electron chi connectivity index (χ0n) is 16.7. The first-order valence-electron chi connectivity index (χ1n) is 10.1. The fourth-order valence-corrected chi connectivity index (χ4v) is 4.54. The maximum atomic E-state index is 11.8. The van der Waals surface area contributed by atoms with Crippen molar-refractivity contribution in [1.29, 1.82) is 0 Å². The lowest BCUT2D eigenvalue weighted by Crippen LogP contribution is -2.49. The number of carbonyl (C=O) groups is 2. The molecule has 0 radical (unpaired) electrons. The first-order chi connectivity index (χ1) is 12.6. The summed E-state index contributed by atoms with van der Waals surface area (Å²) in [5.74, 6) is 0.373. The summed E-state index contributed by atoms with van der Waals surface area (Å²) in [6.45, 7) is 9.16. The van der Waals surface area contributed by atoms with Gasteiger partial charge in [-0.2, -0.15) is 0 Å². The minimum Gasteiger partial charge on any atom is -0.375 e. The van der Waals surface area contributed by atoms with E-state index in [1.807, 2.05) is 18.7 Å². The standard InChI is InChI=1S/C10H18N2O2.C7H12N2O.C2H6/c1-14-7-9(13)12-6-2-3-10(12)4-5-11-8-10;10-6-1-2-7(9-6)3-4-8-5-7;1-2/h11H,2-8H2,1H3;8H,1-5H2,(H,9,10);1-2H3. The summed E-state index contributed by atoms with van der Waals surface area (Å²) in [5, 5.41) is 9.64. The number of hydrogen-bond donors (Lipinski definition) is 3. The third-order valence-electron chi connectivity index (χ3n) is 5.87. The zero-order valence-corrected chi connectivity index (χ0v) is 16.7. The Morgan fingerprint density at radius 1 is 1.12 bits per heavy atom.